The van der Waals surface area contributed by atoms with Crippen LogP contribution in [0.15, 0.2) is 18.2 Å². The molecule has 0 radical (unpaired) electrons. The van der Waals surface area contributed by atoms with Crippen molar-refractivity contribution in [2.24, 2.45) is 7.05 Å². The van der Waals surface area contributed by atoms with Crippen LogP contribution in [0.25, 0.3) is 10.9 Å². The monoisotopic (exact) mass is 406 g/mol. The van der Waals surface area contributed by atoms with E-state index < -0.39 is 6.03 Å². The van der Waals surface area contributed by atoms with Gasteiger partial charge in [-0.15, -0.1) is 12.4 Å². The summed E-state index contributed by atoms with van der Waals surface area (Å²) in [5, 5.41) is 11.2. The molecule has 0 bridgehead atoms. The molecule has 2 atom stereocenters. The Morgan fingerprint density at radius 1 is 1.25 bits per heavy atom. The Morgan fingerprint density at radius 3 is 2.71 bits per heavy atom. The SMILES string of the molecule is CN[C@@H]1CCN(c2ccc3c(N4CCC(=O)NC4=O)nn(C)c3c2)[C@@H](C)C1.Cl. The van der Waals surface area contributed by atoms with Crippen molar-refractivity contribution in [2.75, 3.05) is 29.9 Å². The van der Waals surface area contributed by atoms with E-state index in [1.807, 2.05) is 24.8 Å². The number of halogens is 1. The number of urea groups is 1. The molecule has 2 aliphatic heterocycles. The normalized spacial score (nSPS) is 23.0. The zero-order chi connectivity index (χ0) is 19.1. The minimum absolute atomic E-state index is 0. The van der Waals surface area contributed by atoms with Gasteiger partial charge in [0.05, 0.1) is 5.52 Å². The Labute approximate surface area is 170 Å². The summed E-state index contributed by atoms with van der Waals surface area (Å²) >= 11 is 0. The minimum Gasteiger partial charge on any atom is -0.369 e. The van der Waals surface area contributed by atoms with Crippen LogP contribution in [-0.4, -0.2) is 53.9 Å². The zero-order valence-electron chi connectivity index (χ0n) is 16.4. The van der Waals surface area contributed by atoms with Gasteiger partial charge in [0.1, 0.15) is 0 Å². The third kappa shape index (κ3) is 3.54. The average Bonchev–Trinajstić information content (AvgIpc) is 2.97. The Morgan fingerprint density at radius 2 is 2.04 bits per heavy atom. The molecule has 4 rings (SSSR count). The second kappa shape index (κ2) is 7.97. The second-order valence-corrected chi connectivity index (χ2v) is 7.46. The van der Waals surface area contributed by atoms with E-state index in [1.165, 1.54) is 5.69 Å². The van der Waals surface area contributed by atoms with Crippen LogP contribution < -0.4 is 20.4 Å². The number of imide groups is 1. The number of anilines is 2. The summed E-state index contributed by atoms with van der Waals surface area (Å²) in [6.07, 6.45) is 2.53. The number of benzene rings is 1. The van der Waals surface area contributed by atoms with E-state index in [0.717, 1.165) is 30.3 Å². The molecule has 9 heteroatoms. The van der Waals surface area contributed by atoms with E-state index in [9.17, 15) is 9.59 Å². The number of carbonyl (C=O) groups is 2. The number of amides is 3. The molecule has 152 valence electrons. The molecule has 2 fully saturated rings. The Balaban J connectivity index is 0.00000225. The number of hydrogen-bond donors (Lipinski definition) is 2. The fourth-order valence-electron chi connectivity index (χ4n) is 4.19. The van der Waals surface area contributed by atoms with Gasteiger partial charge in [0.25, 0.3) is 0 Å². The van der Waals surface area contributed by atoms with Crippen molar-refractivity contribution in [3.8, 4) is 0 Å². The van der Waals surface area contributed by atoms with Crippen LogP contribution in [0.5, 0.6) is 0 Å². The first kappa shape index (κ1) is 20.4. The first-order valence-electron chi connectivity index (χ1n) is 9.50. The van der Waals surface area contributed by atoms with Gasteiger partial charge in [-0.2, -0.15) is 5.10 Å². The number of rotatable bonds is 3. The number of hydrogen-bond acceptors (Lipinski definition) is 5. The van der Waals surface area contributed by atoms with Crippen molar-refractivity contribution in [3.05, 3.63) is 18.2 Å². The van der Waals surface area contributed by atoms with Gasteiger partial charge in [0.15, 0.2) is 5.82 Å². The number of carbonyl (C=O) groups excluding carboxylic acids is 2. The Bertz CT molecular complexity index is 898. The lowest BCUT2D eigenvalue weighted by Crippen LogP contribution is -2.49. The summed E-state index contributed by atoms with van der Waals surface area (Å²) in [4.78, 5) is 27.6. The van der Waals surface area contributed by atoms with Crippen LogP contribution in [0.2, 0.25) is 0 Å². The van der Waals surface area contributed by atoms with E-state index >= 15 is 0 Å². The minimum atomic E-state index is -0.405. The van der Waals surface area contributed by atoms with Crippen molar-refractivity contribution in [1.82, 2.24) is 20.4 Å². The molecule has 8 nitrogen and oxygen atoms in total. The smallest absolute Gasteiger partial charge is 0.329 e. The molecule has 2 aromatic rings. The van der Waals surface area contributed by atoms with Gasteiger partial charge in [-0.1, -0.05) is 0 Å². The number of fused-ring (bicyclic) bond motifs is 1. The molecule has 2 N–H and O–H groups in total. The molecule has 3 amide bonds. The third-order valence-electron chi connectivity index (χ3n) is 5.74. The molecule has 0 saturated carbocycles. The third-order valence-corrected chi connectivity index (χ3v) is 5.74. The summed E-state index contributed by atoms with van der Waals surface area (Å²) in [7, 11) is 3.92. The molecule has 1 aromatic carbocycles. The maximum Gasteiger partial charge on any atom is 0.329 e. The van der Waals surface area contributed by atoms with Crippen molar-refractivity contribution in [1.29, 1.82) is 0 Å². The molecular formula is C19H27ClN6O2. The van der Waals surface area contributed by atoms with Crippen LogP contribution in [0.3, 0.4) is 0 Å². The molecular weight excluding hydrogens is 380 g/mol. The topological polar surface area (TPSA) is 82.5 Å². The van der Waals surface area contributed by atoms with Gasteiger partial charge in [0, 0.05) is 49.7 Å². The van der Waals surface area contributed by atoms with E-state index in [0.29, 0.717) is 30.9 Å². The van der Waals surface area contributed by atoms with Gasteiger partial charge >= 0.3 is 6.03 Å². The maximum absolute atomic E-state index is 12.2. The first-order chi connectivity index (χ1) is 13.0. The Kier molecular flexibility index (Phi) is 5.81. The van der Waals surface area contributed by atoms with Crippen LogP contribution >= 0.6 is 12.4 Å². The number of nitrogens with zero attached hydrogens (tertiary/aromatic N) is 4. The van der Waals surface area contributed by atoms with E-state index in [2.05, 4.69) is 39.7 Å². The van der Waals surface area contributed by atoms with Crippen LogP contribution in [0.1, 0.15) is 26.2 Å². The number of aromatic nitrogens is 2. The summed E-state index contributed by atoms with van der Waals surface area (Å²) in [5.74, 6) is 0.365. The lowest BCUT2D eigenvalue weighted by molar-refractivity contribution is -0.120. The van der Waals surface area contributed by atoms with Gasteiger partial charge in [0.2, 0.25) is 5.91 Å². The fourth-order valence-corrected chi connectivity index (χ4v) is 4.19. The molecule has 0 spiro atoms. The fraction of sp³-hybridized carbons (Fsp3) is 0.526. The van der Waals surface area contributed by atoms with Crippen molar-refractivity contribution < 1.29 is 9.59 Å². The number of aryl methyl sites for hydroxylation is 1. The summed E-state index contributed by atoms with van der Waals surface area (Å²) < 4.78 is 1.81. The highest BCUT2D eigenvalue weighted by Crippen LogP contribution is 2.32. The first-order valence-corrected chi connectivity index (χ1v) is 9.50. The average molecular weight is 407 g/mol. The van der Waals surface area contributed by atoms with E-state index in [4.69, 9.17) is 0 Å². The second-order valence-electron chi connectivity index (χ2n) is 7.46. The van der Waals surface area contributed by atoms with Gasteiger partial charge < -0.3 is 10.2 Å². The highest BCUT2D eigenvalue weighted by atomic mass is 35.5. The summed E-state index contributed by atoms with van der Waals surface area (Å²) in [5.41, 5.74) is 2.16. The lowest BCUT2D eigenvalue weighted by atomic mass is 9.97. The Hall–Kier alpha value is -2.32. The van der Waals surface area contributed by atoms with Crippen LogP contribution in [0.4, 0.5) is 16.3 Å². The van der Waals surface area contributed by atoms with Crippen LogP contribution in [0, 0.1) is 0 Å². The molecule has 0 aliphatic carbocycles. The van der Waals surface area contributed by atoms with Crippen molar-refractivity contribution >= 4 is 46.8 Å². The molecule has 2 saturated heterocycles. The molecule has 28 heavy (non-hydrogen) atoms. The molecule has 3 heterocycles. The summed E-state index contributed by atoms with van der Waals surface area (Å²) in [6.45, 7) is 3.63. The lowest BCUT2D eigenvalue weighted by Gasteiger charge is -2.39. The number of piperidine rings is 1. The van der Waals surface area contributed by atoms with E-state index in [1.54, 1.807) is 4.90 Å². The zero-order valence-corrected chi connectivity index (χ0v) is 17.3. The highest BCUT2D eigenvalue weighted by molar-refractivity contribution is 6.09. The standard InChI is InChI=1S/C19H26N6O2.ClH/c1-12-10-13(20-2)6-8-24(12)14-4-5-15-16(11-14)23(3)22-18(15)25-9-7-17(26)21-19(25)27;/h4-5,11-13,20H,6-10H2,1-3H3,(H,21,26,27);1H/t12-,13+;/m0./s1. The predicted octanol–water partition coefficient (Wildman–Crippen LogP) is 2.02. The summed E-state index contributed by atoms with van der Waals surface area (Å²) in [6, 6.07) is 6.92. The molecule has 1 aromatic heterocycles. The van der Waals surface area contributed by atoms with E-state index in [-0.39, 0.29) is 18.3 Å². The predicted molar refractivity (Wildman–Crippen MR) is 112 cm³/mol. The van der Waals surface area contributed by atoms with Gasteiger partial charge in [-0.25, -0.2) is 4.79 Å². The van der Waals surface area contributed by atoms with Crippen molar-refractivity contribution in [2.45, 2.75) is 38.3 Å². The largest absolute Gasteiger partial charge is 0.369 e. The highest BCUT2D eigenvalue weighted by Gasteiger charge is 2.29. The van der Waals surface area contributed by atoms with Gasteiger partial charge in [-0.3, -0.25) is 19.7 Å². The van der Waals surface area contributed by atoms with Gasteiger partial charge in [-0.05, 0) is 45.0 Å². The maximum atomic E-state index is 12.2. The molecule has 2 aliphatic rings. The molecule has 0 unspecified atom stereocenters. The van der Waals surface area contributed by atoms with Crippen LogP contribution in [-0.2, 0) is 11.8 Å². The quantitative estimate of drug-likeness (QED) is 0.814. The number of nitrogens with one attached hydrogen (secondary N) is 2. The van der Waals surface area contributed by atoms with Crippen molar-refractivity contribution in [3.63, 3.8) is 0 Å².